The largest absolute Gasteiger partial charge is 0.350 e. The molecule has 1 heterocycles. The van der Waals surface area contributed by atoms with Crippen molar-refractivity contribution in [3.63, 3.8) is 0 Å². The first-order valence-electron chi connectivity index (χ1n) is 6.17. The first kappa shape index (κ1) is 12.4. The fourth-order valence-corrected chi connectivity index (χ4v) is 3.25. The Morgan fingerprint density at radius 3 is 2.94 bits per heavy atom. The van der Waals surface area contributed by atoms with E-state index in [-0.39, 0.29) is 5.91 Å². The van der Waals surface area contributed by atoms with Gasteiger partial charge in [-0.2, -0.15) is 11.8 Å². The molecule has 2 rings (SSSR count). The minimum Gasteiger partial charge on any atom is -0.350 e. The minimum atomic E-state index is -0.0716. The Bertz CT molecular complexity index is 350. The van der Waals surface area contributed by atoms with Gasteiger partial charge in [-0.1, -0.05) is 18.9 Å². The third kappa shape index (κ3) is 4.04. The van der Waals surface area contributed by atoms with Gasteiger partial charge in [0.2, 0.25) is 0 Å². The van der Waals surface area contributed by atoms with Gasteiger partial charge in [-0.15, -0.1) is 0 Å². The number of thioether (sulfide) groups is 1. The van der Waals surface area contributed by atoms with E-state index >= 15 is 0 Å². The number of aromatic nitrogens is 1. The lowest BCUT2D eigenvalue weighted by atomic mass is 10.3. The van der Waals surface area contributed by atoms with Crippen LogP contribution in [-0.4, -0.2) is 28.4 Å². The molecular weight excluding hydrogens is 232 g/mol. The first-order valence-corrected chi connectivity index (χ1v) is 7.22. The Kier molecular flexibility index (Phi) is 4.86. The standard InChI is InChI=1S/C13H18N2OS/c16-13(12-7-3-4-8-14-12)15-9-10-17-11-5-1-2-6-11/h3-4,7-8,11H,1-2,5-6,9-10H2,(H,15,16). The van der Waals surface area contributed by atoms with E-state index in [1.54, 1.807) is 12.3 Å². The van der Waals surface area contributed by atoms with E-state index in [1.165, 1.54) is 25.7 Å². The van der Waals surface area contributed by atoms with Crippen molar-refractivity contribution in [3.8, 4) is 0 Å². The van der Waals surface area contributed by atoms with E-state index in [2.05, 4.69) is 10.3 Å². The van der Waals surface area contributed by atoms with Crippen LogP contribution in [0.4, 0.5) is 0 Å². The number of rotatable bonds is 5. The van der Waals surface area contributed by atoms with Crippen LogP contribution < -0.4 is 5.32 Å². The molecule has 0 bridgehead atoms. The lowest BCUT2D eigenvalue weighted by molar-refractivity contribution is 0.0951. The molecule has 1 amide bonds. The fourth-order valence-electron chi connectivity index (χ4n) is 2.03. The SMILES string of the molecule is O=C(NCCSC1CCCC1)c1ccccn1. The highest BCUT2D eigenvalue weighted by Crippen LogP contribution is 2.28. The van der Waals surface area contributed by atoms with E-state index in [1.807, 2.05) is 23.9 Å². The maximum Gasteiger partial charge on any atom is 0.269 e. The molecule has 0 aliphatic heterocycles. The van der Waals surface area contributed by atoms with Crippen LogP contribution in [0, 0.1) is 0 Å². The van der Waals surface area contributed by atoms with Gasteiger partial charge < -0.3 is 5.32 Å². The van der Waals surface area contributed by atoms with Gasteiger partial charge >= 0.3 is 0 Å². The lowest BCUT2D eigenvalue weighted by Crippen LogP contribution is -2.26. The number of nitrogens with zero attached hydrogens (tertiary/aromatic N) is 1. The van der Waals surface area contributed by atoms with Crippen LogP contribution in [0.15, 0.2) is 24.4 Å². The second-order valence-corrected chi connectivity index (χ2v) is 5.66. The van der Waals surface area contributed by atoms with Gasteiger partial charge in [0.05, 0.1) is 0 Å². The Balaban J connectivity index is 1.63. The monoisotopic (exact) mass is 250 g/mol. The maximum absolute atomic E-state index is 11.7. The summed E-state index contributed by atoms with van der Waals surface area (Å²) in [5.74, 6) is 0.932. The molecule has 0 atom stereocenters. The van der Waals surface area contributed by atoms with Crippen LogP contribution in [0.25, 0.3) is 0 Å². The average Bonchev–Trinajstić information content (AvgIpc) is 2.88. The molecule has 1 fully saturated rings. The molecule has 0 spiro atoms. The summed E-state index contributed by atoms with van der Waals surface area (Å²) >= 11 is 1.99. The topological polar surface area (TPSA) is 42.0 Å². The van der Waals surface area contributed by atoms with Gasteiger partial charge in [-0.3, -0.25) is 9.78 Å². The van der Waals surface area contributed by atoms with Gasteiger partial charge in [-0.25, -0.2) is 0 Å². The van der Waals surface area contributed by atoms with Crippen LogP contribution in [0.3, 0.4) is 0 Å². The van der Waals surface area contributed by atoms with Crippen molar-refractivity contribution < 1.29 is 4.79 Å². The zero-order chi connectivity index (χ0) is 11.9. The molecule has 1 N–H and O–H groups in total. The molecular formula is C13H18N2OS. The van der Waals surface area contributed by atoms with Gasteiger partial charge in [0, 0.05) is 23.7 Å². The highest BCUT2D eigenvalue weighted by molar-refractivity contribution is 7.99. The Morgan fingerprint density at radius 2 is 2.24 bits per heavy atom. The summed E-state index contributed by atoms with van der Waals surface area (Å²) in [6, 6.07) is 5.38. The summed E-state index contributed by atoms with van der Waals surface area (Å²) in [4.78, 5) is 15.7. The maximum atomic E-state index is 11.7. The molecule has 92 valence electrons. The highest BCUT2D eigenvalue weighted by Gasteiger charge is 2.14. The molecule has 1 aromatic rings. The first-order chi connectivity index (χ1) is 8.36. The zero-order valence-electron chi connectivity index (χ0n) is 9.89. The van der Waals surface area contributed by atoms with Crippen LogP contribution in [0.5, 0.6) is 0 Å². The average molecular weight is 250 g/mol. The summed E-state index contributed by atoms with van der Waals surface area (Å²) in [5.41, 5.74) is 0.498. The molecule has 0 radical (unpaired) electrons. The third-order valence-electron chi connectivity index (χ3n) is 2.94. The van der Waals surface area contributed by atoms with Crippen molar-refractivity contribution in [1.29, 1.82) is 0 Å². The number of amides is 1. The van der Waals surface area contributed by atoms with E-state index < -0.39 is 0 Å². The van der Waals surface area contributed by atoms with Crippen molar-refractivity contribution in [3.05, 3.63) is 30.1 Å². The summed E-state index contributed by atoms with van der Waals surface area (Å²) in [5, 5.41) is 3.72. The van der Waals surface area contributed by atoms with E-state index in [9.17, 15) is 4.79 Å². The molecule has 0 saturated heterocycles. The molecule has 3 nitrogen and oxygen atoms in total. The normalized spacial score (nSPS) is 16.0. The number of nitrogens with one attached hydrogen (secondary N) is 1. The number of pyridine rings is 1. The van der Waals surface area contributed by atoms with Crippen LogP contribution in [-0.2, 0) is 0 Å². The lowest BCUT2D eigenvalue weighted by Gasteiger charge is -2.09. The molecule has 17 heavy (non-hydrogen) atoms. The Morgan fingerprint density at radius 1 is 1.41 bits per heavy atom. The van der Waals surface area contributed by atoms with Crippen molar-refractivity contribution >= 4 is 17.7 Å². The number of carbonyl (C=O) groups excluding carboxylic acids is 1. The van der Waals surface area contributed by atoms with Crippen molar-refractivity contribution in [2.24, 2.45) is 0 Å². The summed E-state index contributed by atoms with van der Waals surface area (Å²) in [7, 11) is 0. The van der Waals surface area contributed by atoms with E-state index in [4.69, 9.17) is 0 Å². The fraction of sp³-hybridized carbons (Fsp3) is 0.538. The van der Waals surface area contributed by atoms with Crippen LogP contribution in [0.2, 0.25) is 0 Å². The number of hydrogen-bond acceptors (Lipinski definition) is 3. The summed E-state index contributed by atoms with van der Waals surface area (Å²) < 4.78 is 0. The molecule has 1 saturated carbocycles. The number of hydrogen-bond donors (Lipinski definition) is 1. The zero-order valence-corrected chi connectivity index (χ0v) is 10.7. The van der Waals surface area contributed by atoms with Crippen molar-refractivity contribution in [1.82, 2.24) is 10.3 Å². The van der Waals surface area contributed by atoms with Crippen molar-refractivity contribution in [2.45, 2.75) is 30.9 Å². The number of carbonyl (C=O) groups is 1. The molecule has 1 aromatic heterocycles. The van der Waals surface area contributed by atoms with Gasteiger partial charge in [-0.05, 0) is 25.0 Å². The second kappa shape index (κ2) is 6.64. The van der Waals surface area contributed by atoms with Gasteiger partial charge in [0.1, 0.15) is 5.69 Å². The second-order valence-electron chi connectivity index (χ2n) is 4.25. The summed E-state index contributed by atoms with van der Waals surface area (Å²) in [6.07, 6.45) is 7.08. The van der Waals surface area contributed by atoms with Crippen LogP contribution in [0.1, 0.15) is 36.2 Å². The Hall–Kier alpha value is -1.03. The van der Waals surface area contributed by atoms with Crippen molar-refractivity contribution in [2.75, 3.05) is 12.3 Å². The molecule has 0 unspecified atom stereocenters. The molecule has 1 aliphatic carbocycles. The van der Waals surface area contributed by atoms with E-state index in [0.717, 1.165) is 17.5 Å². The smallest absolute Gasteiger partial charge is 0.269 e. The summed E-state index contributed by atoms with van der Waals surface area (Å²) in [6.45, 7) is 0.733. The quantitative estimate of drug-likeness (QED) is 0.816. The van der Waals surface area contributed by atoms with E-state index in [0.29, 0.717) is 5.69 Å². The molecule has 0 aromatic carbocycles. The third-order valence-corrected chi connectivity index (χ3v) is 4.32. The minimum absolute atomic E-state index is 0.0716. The molecule has 4 heteroatoms. The predicted octanol–water partition coefficient (Wildman–Crippen LogP) is 2.49. The highest BCUT2D eigenvalue weighted by atomic mass is 32.2. The van der Waals surface area contributed by atoms with Gasteiger partial charge in [0.15, 0.2) is 0 Å². The Labute approximate surface area is 106 Å². The predicted molar refractivity (Wildman–Crippen MR) is 71.3 cm³/mol. The molecule has 1 aliphatic rings. The van der Waals surface area contributed by atoms with Crippen LogP contribution >= 0.6 is 11.8 Å². The van der Waals surface area contributed by atoms with Gasteiger partial charge in [0.25, 0.3) is 5.91 Å².